The summed E-state index contributed by atoms with van der Waals surface area (Å²) in [5.74, 6) is 0.0756. The fourth-order valence-corrected chi connectivity index (χ4v) is 1.18. The second-order valence-electron chi connectivity index (χ2n) is 2.91. The van der Waals surface area contributed by atoms with Crippen LogP contribution in [0.25, 0.3) is 0 Å². The van der Waals surface area contributed by atoms with Gasteiger partial charge in [0.15, 0.2) is 12.0 Å². The first-order chi connectivity index (χ1) is 7.70. The van der Waals surface area contributed by atoms with Crippen LogP contribution in [0.15, 0.2) is 18.2 Å². The van der Waals surface area contributed by atoms with Gasteiger partial charge in [-0.25, -0.2) is 0 Å². The highest BCUT2D eigenvalue weighted by atomic mass is 16.6. The maximum Gasteiger partial charge on any atom is 0.321 e. The SMILES string of the molecule is COCCOc1cccc(C=O)c1[N+](=O)[O-]. The molecular weight excluding hydrogens is 214 g/mol. The predicted octanol–water partition coefficient (Wildman–Crippen LogP) is 1.43. The number of carbonyl (C=O) groups excluding carboxylic acids is 1. The van der Waals surface area contributed by atoms with Crippen molar-refractivity contribution in [2.45, 2.75) is 0 Å². The quantitative estimate of drug-likeness (QED) is 0.316. The van der Waals surface area contributed by atoms with Crippen LogP contribution in [0, 0.1) is 10.1 Å². The predicted molar refractivity (Wildman–Crippen MR) is 55.9 cm³/mol. The van der Waals surface area contributed by atoms with Crippen molar-refractivity contribution in [1.82, 2.24) is 0 Å². The molecule has 0 N–H and O–H groups in total. The fraction of sp³-hybridized carbons (Fsp3) is 0.300. The van der Waals surface area contributed by atoms with Crippen LogP contribution in [-0.4, -0.2) is 31.5 Å². The Kier molecular flexibility index (Phi) is 4.41. The Hall–Kier alpha value is -1.95. The van der Waals surface area contributed by atoms with Crippen LogP contribution < -0.4 is 4.74 Å². The zero-order valence-electron chi connectivity index (χ0n) is 8.71. The summed E-state index contributed by atoms with van der Waals surface area (Å²) in [6.45, 7) is 0.516. The number of ether oxygens (including phenoxy) is 2. The molecule has 1 aromatic rings. The van der Waals surface area contributed by atoms with Gasteiger partial charge in [-0.15, -0.1) is 0 Å². The molecule has 6 nitrogen and oxygen atoms in total. The molecule has 0 aliphatic heterocycles. The summed E-state index contributed by atoms with van der Waals surface area (Å²) < 4.78 is 9.91. The number of nitrogens with zero attached hydrogens (tertiary/aromatic N) is 1. The monoisotopic (exact) mass is 225 g/mol. The lowest BCUT2D eigenvalue weighted by Gasteiger charge is -2.06. The Balaban J connectivity index is 2.98. The van der Waals surface area contributed by atoms with Crippen molar-refractivity contribution in [3.63, 3.8) is 0 Å². The van der Waals surface area contributed by atoms with Gasteiger partial charge < -0.3 is 9.47 Å². The van der Waals surface area contributed by atoms with E-state index in [1.165, 1.54) is 25.3 Å². The van der Waals surface area contributed by atoms with Crippen molar-refractivity contribution in [1.29, 1.82) is 0 Å². The first kappa shape index (κ1) is 12.1. The molecule has 0 aliphatic carbocycles. The molecule has 1 aromatic carbocycles. The van der Waals surface area contributed by atoms with E-state index in [1.807, 2.05) is 0 Å². The number of carbonyl (C=O) groups is 1. The molecule has 0 unspecified atom stereocenters. The molecule has 0 saturated heterocycles. The third-order valence-electron chi connectivity index (χ3n) is 1.88. The van der Waals surface area contributed by atoms with Crippen LogP contribution in [0.3, 0.4) is 0 Å². The van der Waals surface area contributed by atoms with Gasteiger partial charge in [-0.05, 0) is 12.1 Å². The van der Waals surface area contributed by atoms with E-state index < -0.39 is 4.92 Å². The van der Waals surface area contributed by atoms with Crippen LogP contribution >= 0.6 is 0 Å². The average molecular weight is 225 g/mol. The van der Waals surface area contributed by atoms with Crippen molar-refractivity contribution < 1.29 is 19.2 Å². The summed E-state index contributed by atoms with van der Waals surface area (Å²) in [6.07, 6.45) is 0.432. The standard InChI is InChI=1S/C10H11NO5/c1-15-5-6-16-9-4-2-3-8(7-12)10(9)11(13)14/h2-4,7H,5-6H2,1H3. The van der Waals surface area contributed by atoms with Crippen LogP contribution in [0.2, 0.25) is 0 Å². The zero-order valence-corrected chi connectivity index (χ0v) is 8.71. The topological polar surface area (TPSA) is 78.7 Å². The van der Waals surface area contributed by atoms with Crippen LogP contribution in [-0.2, 0) is 4.74 Å². The summed E-state index contributed by atoms with van der Waals surface area (Å²) in [5, 5.41) is 10.8. The molecule has 86 valence electrons. The van der Waals surface area contributed by atoms with Gasteiger partial charge in [0, 0.05) is 7.11 Å². The third-order valence-corrected chi connectivity index (χ3v) is 1.88. The Morgan fingerprint density at radius 2 is 2.19 bits per heavy atom. The molecule has 0 aromatic heterocycles. The lowest BCUT2D eigenvalue weighted by atomic mass is 10.2. The molecule has 16 heavy (non-hydrogen) atoms. The first-order valence-electron chi connectivity index (χ1n) is 4.55. The van der Waals surface area contributed by atoms with E-state index in [4.69, 9.17) is 9.47 Å². The average Bonchev–Trinajstić information content (AvgIpc) is 2.28. The lowest BCUT2D eigenvalue weighted by Crippen LogP contribution is -2.07. The summed E-state index contributed by atoms with van der Waals surface area (Å²) in [6, 6.07) is 4.34. The maximum atomic E-state index is 10.8. The van der Waals surface area contributed by atoms with Gasteiger partial charge >= 0.3 is 5.69 Å². The van der Waals surface area contributed by atoms with Gasteiger partial charge in [0.25, 0.3) is 0 Å². The van der Waals surface area contributed by atoms with Crippen LogP contribution in [0.4, 0.5) is 5.69 Å². The van der Waals surface area contributed by atoms with E-state index >= 15 is 0 Å². The summed E-state index contributed by atoms with van der Waals surface area (Å²) in [5.41, 5.74) is -0.312. The van der Waals surface area contributed by atoms with Gasteiger partial charge in [0.1, 0.15) is 6.61 Å². The Bertz CT molecular complexity index is 391. The number of hydrogen-bond acceptors (Lipinski definition) is 5. The number of hydrogen-bond donors (Lipinski definition) is 0. The van der Waals surface area contributed by atoms with E-state index in [9.17, 15) is 14.9 Å². The van der Waals surface area contributed by atoms with E-state index in [2.05, 4.69) is 0 Å². The highest BCUT2D eigenvalue weighted by Crippen LogP contribution is 2.29. The number of benzene rings is 1. The molecule has 0 saturated carbocycles. The Labute approximate surface area is 91.9 Å². The number of rotatable bonds is 6. The Morgan fingerprint density at radius 3 is 2.75 bits per heavy atom. The van der Waals surface area contributed by atoms with Crippen molar-refractivity contribution in [3.8, 4) is 5.75 Å². The highest BCUT2D eigenvalue weighted by Gasteiger charge is 2.20. The molecule has 0 heterocycles. The zero-order chi connectivity index (χ0) is 12.0. The summed E-state index contributed by atoms with van der Waals surface area (Å²) in [7, 11) is 1.50. The molecule has 0 radical (unpaired) electrons. The molecule has 0 bridgehead atoms. The molecule has 6 heteroatoms. The van der Waals surface area contributed by atoms with Crippen molar-refractivity contribution >= 4 is 12.0 Å². The van der Waals surface area contributed by atoms with Gasteiger partial charge in [0.05, 0.1) is 17.1 Å². The second-order valence-corrected chi connectivity index (χ2v) is 2.91. The number of nitro benzene ring substituents is 1. The third kappa shape index (κ3) is 2.77. The van der Waals surface area contributed by atoms with E-state index in [0.717, 1.165) is 0 Å². The molecular formula is C10H11NO5. The molecule has 0 aliphatic rings. The second kappa shape index (κ2) is 5.82. The van der Waals surface area contributed by atoms with Crippen molar-refractivity contribution in [2.24, 2.45) is 0 Å². The molecule has 0 spiro atoms. The maximum absolute atomic E-state index is 10.8. The fourth-order valence-electron chi connectivity index (χ4n) is 1.18. The van der Waals surface area contributed by atoms with Crippen LogP contribution in [0.1, 0.15) is 10.4 Å². The van der Waals surface area contributed by atoms with Gasteiger partial charge in [-0.2, -0.15) is 0 Å². The smallest absolute Gasteiger partial charge is 0.321 e. The van der Waals surface area contributed by atoms with E-state index in [0.29, 0.717) is 12.9 Å². The molecule has 0 amide bonds. The number of para-hydroxylation sites is 1. The van der Waals surface area contributed by atoms with E-state index in [-0.39, 0.29) is 23.6 Å². The largest absolute Gasteiger partial charge is 0.484 e. The van der Waals surface area contributed by atoms with Gasteiger partial charge in [-0.3, -0.25) is 14.9 Å². The number of aldehydes is 1. The molecule has 0 atom stereocenters. The minimum absolute atomic E-state index is 0.0000770. The first-order valence-corrected chi connectivity index (χ1v) is 4.55. The Morgan fingerprint density at radius 1 is 1.44 bits per heavy atom. The molecule has 0 fully saturated rings. The minimum atomic E-state index is -0.633. The molecule has 1 rings (SSSR count). The number of nitro groups is 1. The van der Waals surface area contributed by atoms with E-state index in [1.54, 1.807) is 0 Å². The van der Waals surface area contributed by atoms with Crippen LogP contribution in [0.5, 0.6) is 5.75 Å². The van der Waals surface area contributed by atoms with Gasteiger partial charge in [-0.1, -0.05) is 6.07 Å². The normalized spacial score (nSPS) is 9.81. The minimum Gasteiger partial charge on any atom is -0.484 e. The summed E-state index contributed by atoms with van der Waals surface area (Å²) in [4.78, 5) is 20.8. The summed E-state index contributed by atoms with van der Waals surface area (Å²) >= 11 is 0. The number of methoxy groups -OCH3 is 1. The van der Waals surface area contributed by atoms with Gasteiger partial charge in [0.2, 0.25) is 0 Å². The van der Waals surface area contributed by atoms with Crippen molar-refractivity contribution in [3.05, 3.63) is 33.9 Å². The lowest BCUT2D eigenvalue weighted by molar-refractivity contribution is -0.386. The highest BCUT2D eigenvalue weighted by molar-refractivity contribution is 5.83. The van der Waals surface area contributed by atoms with Crippen molar-refractivity contribution in [2.75, 3.05) is 20.3 Å².